The molecule has 4 heteroatoms. The third-order valence-corrected chi connectivity index (χ3v) is 4.67. The SMILES string of the molecule is CN(C)C(CNc1nc(-c2ccccc2)cs1)C1CC1. The molecule has 0 spiro atoms. The molecule has 1 aromatic carbocycles. The fourth-order valence-corrected chi connectivity index (χ4v) is 3.27. The maximum absolute atomic E-state index is 4.68. The van der Waals surface area contributed by atoms with Crippen LogP contribution in [-0.2, 0) is 0 Å². The summed E-state index contributed by atoms with van der Waals surface area (Å²) in [6, 6.07) is 11.0. The summed E-state index contributed by atoms with van der Waals surface area (Å²) in [5.41, 5.74) is 2.24. The molecule has 3 nitrogen and oxygen atoms in total. The Kier molecular flexibility index (Phi) is 4.03. The summed E-state index contributed by atoms with van der Waals surface area (Å²) in [7, 11) is 4.34. The minimum absolute atomic E-state index is 0.624. The summed E-state index contributed by atoms with van der Waals surface area (Å²) in [6.07, 6.45) is 2.75. The van der Waals surface area contributed by atoms with E-state index in [2.05, 4.69) is 58.9 Å². The van der Waals surface area contributed by atoms with Crippen LogP contribution >= 0.6 is 11.3 Å². The van der Waals surface area contributed by atoms with Gasteiger partial charge in [0.25, 0.3) is 0 Å². The summed E-state index contributed by atoms with van der Waals surface area (Å²) in [4.78, 5) is 7.01. The van der Waals surface area contributed by atoms with Gasteiger partial charge in [-0.05, 0) is 32.9 Å². The van der Waals surface area contributed by atoms with Crippen LogP contribution in [0.25, 0.3) is 11.3 Å². The van der Waals surface area contributed by atoms with E-state index in [9.17, 15) is 0 Å². The maximum Gasteiger partial charge on any atom is 0.183 e. The minimum Gasteiger partial charge on any atom is -0.360 e. The first-order chi connectivity index (χ1) is 9.74. The van der Waals surface area contributed by atoms with E-state index < -0.39 is 0 Å². The average Bonchev–Trinajstić information content (AvgIpc) is 3.17. The van der Waals surface area contributed by atoms with Crippen molar-refractivity contribution in [3.8, 4) is 11.3 Å². The molecule has 1 saturated carbocycles. The summed E-state index contributed by atoms with van der Waals surface area (Å²) in [6.45, 7) is 0.986. The highest BCUT2D eigenvalue weighted by Crippen LogP contribution is 2.35. The van der Waals surface area contributed by atoms with Gasteiger partial charge in [-0.1, -0.05) is 30.3 Å². The van der Waals surface area contributed by atoms with Gasteiger partial charge in [-0.15, -0.1) is 11.3 Å². The molecule has 3 rings (SSSR count). The standard InChI is InChI=1S/C16H21N3S/c1-19(2)15(13-8-9-13)10-17-16-18-14(11-20-16)12-6-4-3-5-7-12/h3-7,11,13,15H,8-10H2,1-2H3,(H,17,18). The van der Waals surface area contributed by atoms with E-state index in [-0.39, 0.29) is 0 Å². The molecular formula is C16H21N3S. The first-order valence-electron chi connectivity index (χ1n) is 7.15. The van der Waals surface area contributed by atoms with Crippen molar-refractivity contribution in [1.29, 1.82) is 0 Å². The molecule has 0 amide bonds. The molecule has 1 unspecified atom stereocenters. The van der Waals surface area contributed by atoms with Gasteiger partial charge in [0.2, 0.25) is 0 Å². The topological polar surface area (TPSA) is 28.2 Å². The molecule has 0 aliphatic heterocycles. The van der Waals surface area contributed by atoms with E-state index in [0.29, 0.717) is 6.04 Å². The molecule has 20 heavy (non-hydrogen) atoms. The van der Waals surface area contributed by atoms with Gasteiger partial charge >= 0.3 is 0 Å². The molecule has 1 atom stereocenters. The second-order valence-corrected chi connectivity index (χ2v) is 6.51. The number of rotatable bonds is 6. The molecule has 106 valence electrons. The predicted molar refractivity (Wildman–Crippen MR) is 86.2 cm³/mol. The van der Waals surface area contributed by atoms with Crippen molar-refractivity contribution in [1.82, 2.24) is 9.88 Å². The first-order valence-corrected chi connectivity index (χ1v) is 8.03. The Balaban J connectivity index is 1.62. The summed E-state index contributed by atoms with van der Waals surface area (Å²) < 4.78 is 0. The Hall–Kier alpha value is -1.39. The summed E-state index contributed by atoms with van der Waals surface area (Å²) in [5, 5.41) is 6.65. The number of likely N-dealkylation sites (N-methyl/N-ethyl adjacent to an activating group) is 1. The van der Waals surface area contributed by atoms with Crippen LogP contribution in [-0.4, -0.2) is 36.6 Å². The molecule has 1 aromatic heterocycles. The maximum atomic E-state index is 4.68. The molecular weight excluding hydrogens is 266 g/mol. The number of thiazole rings is 1. The Morgan fingerprint density at radius 3 is 2.70 bits per heavy atom. The second kappa shape index (κ2) is 5.94. The Morgan fingerprint density at radius 2 is 2.05 bits per heavy atom. The molecule has 1 N–H and O–H groups in total. The van der Waals surface area contributed by atoms with Crippen molar-refractivity contribution in [2.45, 2.75) is 18.9 Å². The first kappa shape index (κ1) is 13.6. The quantitative estimate of drug-likeness (QED) is 0.880. The van der Waals surface area contributed by atoms with Gasteiger partial charge in [-0.25, -0.2) is 4.98 Å². The highest BCUT2D eigenvalue weighted by Gasteiger charge is 2.32. The third kappa shape index (κ3) is 3.19. The number of hydrogen-bond acceptors (Lipinski definition) is 4. The van der Waals surface area contributed by atoms with Crippen LogP contribution in [0.4, 0.5) is 5.13 Å². The zero-order valence-electron chi connectivity index (χ0n) is 12.0. The van der Waals surface area contributed by atoms with Gasteiger partial charge in [0.1, 0.15) is 0 Å². The van der Waals surface area contributed by atoms with Gasteiger partial charge < -0.3 is 10.2 Å². The van der Waals surface area contributed by atoms with E-state index in [1.54, 1.807) is 11.3 Å². The lowest BCUT2D eigenvalue weighted by Crippen LogP contribution is -2.36. The van der Waals surface area contributed by atoms with E-state index in [0.717, 1.165) is 23.3 Å². The third-order valence-electron chi connectivity index (χ3n) is 3.87. The lowest BCUT2D eigenvalue weighted by atomic mass is 10.1. The fraction of sp³-hybridized carbons (Fsp3) is 0.438. The van der Waals surface area contributed by atoms with Gasteiger partial charge in [0, 0.05) is 23.5 Å². The zero-order valence-corrected chi connectivity index (χ0v) is 12.9. The van der Waals surface area contributed by atoms with Crippen molar-refractivity contribution in [3.05, 3.63) is 35.7 Å². The summed E-state index contributed by atoms with van der Waals surface area (Å²) >= 11 is 1.69. The van der Waals surface area contributed by atoms with Crippen LogP contribution in [0, 0.1) is 5.92 Å². The number of hydrogen-bond donors (Lipinski definition) is 1. The Labute approximate surface area is 124 Å². The van der Waals surface area contributed by atoms with E-state index in [1.807, 2.05) is 6.07 Å². The monoisotopic (exact) mass is 287 g/mol. The largest absolute Gasteiger partial charge is 0.360 e. The second-order valence-electron chi connectivity index (χ2n) is 5.65. The number of anilines is 1. The van der Waals surface area contributed by atoms with Crippen molar-refractivity contribution in [3.63, 3.8) is 0 Å². The van der Waals surface area contributed by atoms with Gasteiger partial charge in [0.15, 0.2) is 5.13 Å². The van der Waals surface area contributed by atoms with Crippen molar-refractivity contribution >= 4 is 16.5 Å². The summed E-state index contributed by atoms with van der Waals surface area (Å²) in [5.74, 6) is 0.867. The number of aromatic nitrogens is 1. The lowest BCUT2D eigenvalue weighted by Gasteiger charge is -2.24. The Morgan fingerprint density at radius 1 is 1.30 bits per heavy atom. The van der Waals surface area contributed by atoms with Crippen molar-refractivity contribution in [2.24, 2.45) is 5.92 Å². The molecule has 1 heterocycles. The van der Waals surface area contributed by atoms with Crippen molar-refractivity contribution < 1.29 is 0 Å². The molecule has 1 aliphatic carbocycles. The molecule has 1 fully saturated rings. The number of nitrogens with zero attached hydrogens (tertiary/aromatic N) is 2. The van der Waals surface area contributed by atoms with Crippen LogP contribution < -0.4 is 5.32 Å². The van der Waals surface area contributed by atoms with Crippen molar-refractivity contribution in [2.75, 3.05) is 26.0 Å². The minimum atomic E-state index is 0.624. The lowest BCUT2D eigenvalue weighted by molar-refractivity contribution is 0.276. The number of nitrogens with one attached hydrogen (secondary N) is 1. The van der Waals surface area contributed by atoms with E-state index in [1.165, 1.54) is 18.4 Å². The highest BCUT2D eigenvalue weighted by molar-refractivity contribution is 7.14. The van der Waals surface area contributed by atoms with Crippen LogP contribution in [0.3, 0.4) is 0 Å². The molecule has 0 saturated heterocycles. The predicted octanol–water partition coefficient (Wildman–Crippen LogP) is 3.56. The Bertz CT molecular complexity index is 544. The van der Waals surface area contributed by atoms with E-state index in [4.69, 9.17) is 0 Å². The smallest absolute Gasteiger partial charge is 0.183 e. The van der Waals surface area contributed by atoms with Crippen LogP contribution in [0.1, 0.15) is 12.8 Å². The van der Waals surface area contributed by atoms with Gasteiger partial charge in [-0.2, -0.15) is 0 Å². The normalized spacial score (nSPS) is 16.4. The van der Waals surface area contributed by atoms with Gasteiger partial charge in [0.05, 0.1) is 5.69 Å². The number of benzene rings is 1. The molecule has 2 aromatic rings. The molecule has 0 bridgehead atoms. The van der Waals surface area contributed by atoms with E-state index >= 15 is 0 Å². The molecule has 0 radical (unpaired) electrons. The van der Waals surface area contributed by atoms with Crippen LogP contribution in [0.2, 0.25) is 0 Å². The highest BCUT2D eigenvalue weighted by atomic mass is 32.1. The van der Waals surface area contributed by atoms with Crippen LogP contribution in [0.5, 0.6) is 0 Å². The van der Waals surface area contributed by atoms with Crippen LogP contribution in [0.15, 0.2) is 35.7 Å². The molecule has 1 aliphatic rings. The zero-order chi connectivity index (χ0) is 13.9. The average molecular weight is 287 g/mol. The van der Waals surface area contributed by atoms with Gasteiger partial charge in [-0.3, -0.25) is 0 Å². The fourth-order valence-electron chi connectivity index (χ4n) is 2.54.